The summed E-state index contributed by atoms with van der Waals surface area (Å²) in [6.45, 7) is 1.62. The molecule has 0 bridgehead atoms. The molecule has 0 aliphatic heterocycles. The van der Waals surface area contributed by atoms with E-state index in [4.69, 9.17) is 23.2 Å². The van der Waals surface area contributed by atoms with Crippen LogP contribution in [0.15, 0.2) is 18.2 Å². The minimum absolute atomic E-state index is 0.170. The van der Waals surface area contributed by atoms with Crippen LogP contribution in [0.25, 0.3) is 0 Å². The van der Waals surface area contributed by atoms with Crippen molar-refractivity contribution in [2.45, 2.75) is 51.5 Å². The summed E-state index contributed by atoms with van der Waals surface area (Å²) in [6, 6.07) is 4.07. The highest BCUT2D eigenvalue weighted by Crippen LogP contribution is 2.29. The van der Waals surface area contributed by atoms with E-state index in [0.717, 1.165) is 31.4 Å². The average molecular weight is 426 g/mol. The third-order valence-electron chi connectivity index (χ3n) is 4.51. The number of aromatic nitrogens is 1. The molecule has 1 heterocycles. The molecule has 8 heteroatoms. The van der Waals surface area contributed by atoms with Crippen LogP contribution in [0, 0.1) is 0 Å². The first-order chi connectivity index (χ1) is 13.0. The largest absolute Gasteiger partial charge is 0.340 e. The number of hydrogen-bond acceptors (Lipinski definition) is 4. The molecular weight excluding hydrogens is 405 g/mol. The van der Waals surface area contributed by atoms with E-state index in [1.807, 2.05) is 0 Å². The van der Waals surface area contributed by atoms with Crippen LogP contribution in [0.4, 0.5) is 5.13 Å². The van der Waals surface area contributed by atoms with Crippen molar-refractivity contribution in [3.63, 3.8) is 0 Å². The molecule has 0 saturated heterocycles. The number of fused-ring (bicyclic) bond motifs is 1. The van der Waals surface area contributed by atoms with Crippen LogP contribution in [-0.4, -0.2) is 22.8 Å². The van der Waals surface area contributed by atoms with Gasteiger partial charge in [0.1, 0.15) is 6.04 Å². The van der Waals surface area contributed by atoms with Crippen molar-refractivity contribution in [3.05, 3.63) is 44.4 Å². The second kappa shape index (κ2) is 9.04. The minimum Gasteiger partial charge on any atom is -0.340 e. The number of hydrogen-bond donors (Lipinski definition) is 2. The molecule has 1 atom stereocenters. The number of halogens is 2. The Morgan fingerprint density at radius 1 is 1.15 bits per heavy atom. The Balaban J connectivity index is 1.63. The fraction of sp³-hybridized carbons (Fsp3) is 0.421. The Bertz CT molecular complexity index is 828. The number of anilines is 1. The van der Waals surface area contributed by atoms with Gasteiger partial charge in [-0.05, 0) is 44.7 Å². The van der Waals surface area contributed by atoms with Gasteiger partial charge in [-0.3, -0.25) is 9.59 Å². The van der Waals surface area contributed by atoms with Gasteiger partial charge in [0, 0.05) is 4.88 Å². The predicted molar refractivity (Wildman–Crippen MR) is 110 cm³/mol. The Kier molecular flexibility index (Phi) is 6.73. The summed E-state index contributed by atoms with van der Waals surface area (Å²) in [6.07, 6.45) is 6.75. The number of carbonyl (C=O) groups is 2. The highest BCUT2D eigenvalue weighted by Gasteiger charge is 2.21. The van der Waals surface area contributed by atoms with E-state index >= 15 is 0 Å². The first kappa shape index (κ1) is 20.1. The fourth-order valence-corrected chi connectivity index (χ4v) is 4.43. The van der Waals surface area contributed by atoms with Crippen LogP contribution in [-0.2, 0) is 17.6 Å². The molecule has 0 saturated carbocycles. The molecule has 2 aromatic rings. The van der Waals surface area contributed by atoms with E-state index in [-0.39, 0.29) is 16.5 Å². The van der Waals surface area contributed by atoms with E-state index in [9.17, 15) is 9.59 Å². The number of amides is 2. The van der Waals surface area contributed by atoms with Gasteiger partial charge in [0.2, 0.25) is 5.91 Å². The van der Waals surface area contributed by atoms with Crippen LogP contribution < -0.4 is 10.6 Å². The van der Waals surface area contributed by atoms with Crippen molar-refractivity contribution in [2.75, 3.05) is 5.32 Å². The van der Waals surface area contributed by atoms with E-state index in [1.54, 1.807) is 25.1 Å². The highest BCUT2D eigenvalue weighted by atomic mass is 35.5. The minimum atomic E-state index is -0.737. The van der Waals surface area contributed by atoms with Crippen molar-refractivity contribution >= 4 is 51.5 Å². The van der Waals surface area contributed by atoms with Gasteiger partial charge in [-0.15, -0.1) is 11.3 Å². The van der Waals surface area contributed by atoms with Gasteiger partial charge in [-0.1, -0.05) is 42.1 Å². The molecule has 0 spiro atoms. The number of nitrogens with one attached hydrogen (secondary N) is 2. The van der Waals surface area contributed by atoms with Gasteiger partial charge in [-0.2, -0.15) is 0 Å². The lowest BCUT2D eigenvalue weighted by Crippen LogP contribution is -2.41. The number of aryl methyl sites for hydroxylation is 2. The maximum absolute atomic E-state index is 12.5. The molecule has 3 rings (SSSR count). The zero-order valence-corrected chi connectivity index (χ0v) is 17.3. The van der Waals surface area contributed by atoms with Gasteiger partial charge >= 0.3 is 0 Å². The summed E-state index contributed by atoms with van der Waals surface area (Å²) in [5, 5.41) is 6.52. The molecule has 1 unspecified atom stereocenters. The molecule has 5 nitrogen and oxygen atoms in total. The third-order valence-corrected chi connectivity index (χ3v) is 6.40. The molecule has 144 valence electrons. The van der Waals surface area contributed by atoms with Crippen molar-refractivity contribution in [1.82, 2.24) is 10.3 Å². The second-order valence-corrected chi connectivity index (χ2v) is 8.46. The van der Waals surface area contributed by atoms with Gasteiger partial charge in [0.15, 0.2) is 5.13 Å². The van der Waals surface area contributed by atoms with E-state index in [0.29, 0.717) is 10.2 Å². The second-order valence-electron chi connectivity index (χ2n) is 6.59. The van der Waals surface area contributed by atoms with Crippen LogP contribution in [0.1, 0.15) is 53.5 Å². The summed E-state index contributed by atoms with van der Waals surface area (Å²) in [4.78, 5) is 30.7. The zero-order chi connectivity index (χ0) is 19.4. The smallest absolute Gasteiger partial charge is 0.253 e. The van der Waals surface area contributed by atoms with Crippen molar-refractivity contribution in [3.8, 4) is 0 Å². The van der Waals surface area contributed by atoms with Crippen LogP contribution >= 0.6 is 34.5 Å². The monoisotopic (exact) mass is 425 g/mol. The number of nitrogens with zero attached hydrogens (tertiary/aromatic N) is 1. The topological polar surface area (TPSA) is 71.1 Å². The van der Waals surface area contributed by atoms with E-state index < -0.39 is 11.9 Å². The van der Waals surface area contributed by atoms with Gasteiger partial charge in [-0.25, -0.2) is 4.98 Å². The molecule has 2 amide bonds. The lowest BCUT2D eigenvalue weighted by atomic mass is 10.0. The van der Waals surface area contributed by atoms with Crippen molar-refractivity contribution in [2.24, 2.45) is 0 Å². The highest BCUT2D eigenvalue weighted by molar-refractivity contribution is 7.15. The standard InChI is InChI=1S/C19H21Cl2N3O2S/c1-11(22-18(26)12-7-6-8-13(20)16(12)21)17(25)24-19-23-14-9-4-2-3-5-10-15(14)27-19/h6-8,11H,2-5,9-10H2,1H3,(H,22,26)(H,23,24,25). The Morgan fingerprint density at radius 3 is 2.67 bits per heavy atom. The Morgan fingerprint density at radius 2 is 1.89 bits per heavy atom. The third kappa shape index (κ3) is 5.00. The fourth-order valence-electron chi connectivity index (χ4n) is 2.99. The first-order valence-corrected chi connectivity index (χ1v) is 10.6. The molecule has 0 fully saturated rings. The maximum Gasteiger partial charge on any atom is 0.253 e. The summed E-state index contributed by atoms with van der Waals surface area (Å²) < 4.78 is 0. The number of thiazole rings is 1. The van der Waals surface area contributed by atoms with E-state index in [1.165, 1.54) is 29.1 Å². The Hall–Kier alpha value is -1.63. The van der Waals surface area contributed by atoms with Crippen LogP contribution in [0.2, 0.25) is 10.0 Å². The lowest BCUT2D eigenvalue weighted by Gasteiger charge is -2.14. The SMILES string of the molecule is CC(NC(=O)c1cccc(Cl)c1Cl)C(=O)Nc1nc2c(s1)CCCCCC2. The molecular formula is C19H21Cl2N3O2S. The maximum atomic E-state index is 12.5. The predicted octanol–water partition coefficient (Wildman–Crippen LogP) is 4.87. The van der Waals surface area contributed by atoms with Crippen LogP contribution in [0.3, 0.4) is 0 Å². The molecule has 1 aliphatic rings. The van der Waals surface area contributed by atoms with Crippen molar-refractivity contribution < 1.29 is 9.59 Å². The summed E-state index contributed by atoms with van der Waals surface area (Å²) in [5.74, 6) is -0.764. The zero-order valence-electron chi connectivity index (χ0n) is 15.0. The van der Waals surface area contributed by atoms with Crippen LogP contribution in [0.5, 0.6) is 0 Å². The Labute approximate surface area is 172 Å². The lowest BCUT2D eigenvalue weighted by molar-refractivity contribution is -0.117. The molecule has 2 N–H and O–H groups in total. The summed E-state index contributed by atoms with van der Waals surface area (Å²) >= 11 is 13.5. The molecule has 1 aromatic carbocycles. The van der Waals surface area contributed by atoms with Gasteiger partial charge < -0.3 is 10.6 Å². The molecule has 0 radical (unpaired) electrons. The molecule has 27 heavy (non-hydrogen) atoms. The molecule has 1 aliphatic carbocycles. The first-order valence-electron chi connectivity index (χ1n) is 9.00. The quantitative estimate of drug-likeness (QED) is 0.733. The number of benzene rings is 1. The molecule has 1 aromatic heterocycles. The summed E-state index contributed by atoms with van der Waals surface area (Å²) in [5.41, 5.74) is 1.33. The van der Waals surface area contributed by atoms with Gasteiger partial charge in [0.25, 0.3) is 5.91 Å². The van der Waals surface area contributed by atoms with Gasteiger partial charge in [0.05, 0.1) is 21.3 Å². The number of carbonyl (C=O) groups excluding carboxylic acids is 2. The summed E-state index contributed by atoms with van der Waals surface area (Å²) in [7, 11) is 0. The van der Waals surface area contributed by atoms with Crippen molar-refractivity contribution in [1.29, 1.82) is 0 Å². The van der Waals surface area contributed by atoms with E-state index in [2.05, 4.69) is 15.6 Å². The number of rotatable bonds is 4. The average Bonchev–Trinajstić information content (AvgIpc) is 2.97. The normalized spacial score (nSPS) is 15.2.